The smallest absolute Gasteiger partial charge is 0.220 e. The van der Waals surface area contributed by atoms with E-state index in [2.05, 4.69) is 35.1 Å². The lowest BCUT2D eigenvalue weighted by Gasteiger charge is -2.35. The van der Waals surface area contributed by atoms with E-state index in [1.165, 1.54) is 12.8 Å². The van der Waals surface area contributed by atoms with Gasteiger partial charge >= 0.3 is 0 Å². The number of amides is 1. The Morgan fingerprint density at radius 3 is 2.75 bits per heavy atom. The Kier molecular flexibility index (Phi) is 5.64. The third-order valence-corrected chi connectivity index (χ3v) is 6.37. The second kappa shape index (κ2) is 8.17. The van der Waals surface area contributed by atoms with Crippen molar-refractivity contribution < 1.29 is 9.53 Å². The summed E-state index contributed by atoms with van der Waals surface area (Å²) in [5.41, 5.74) is 3.02. The molecule has 2 aliphatic rings. The maximum absolute atomic E-state index is 12.2. The molecule has 2 atom stereocenters. The van der Waals surface area contributed by atoms with Gasteiger partial charge < -0.3 is 15.0 Å². The molecule has 2 aromatic rings. The number of rotatable bonds is 6. The van der Waals surface area contributed by atoms with Crippen molar-refractivity contribution in [2.24, 2.45) is 5.92 Å². The molecule has 2 fully saturated rings. The third kappa shape index (κ3) is 4.70. The molecular weight excluding hydrogens is 372 g/mol. The van der Waals surface area contributed by atoms with E-state index in [9.17, 15) is 4.79 Å². The summed E-state index contributed by atoms with van der Waals surface area (Å²) in [7, 11) is 0. The summed E-state index contributed by atoms with van der Waals surface area (Å²) in [6.07, 6.45) is 5.20. The van der Waals surface area contributed by atoms with Crippen LogP contribution in [0.2, 0.25) is 0 Å². The second-order valence-corrected chi connectivity index (χ2v) is 9.02. The van der Waals surface area contributed by atoms with Gasteiger partial charge in [-0.3, -0.25) is 9.78 Å². The van der Waals surface area contributed by atoms with Gasteiger partial charge in [0.05, 0.1) is 29.3 Å². The Balaban J connectivity index is 1.58. The predicted octanol–water partition coefficient (Wildman–Crippen LogP) is 3.54. The van der Waals surface area contributed by atoms with Crippen molar-refractivity contribution in [3.8, 4) is 10.4 Å². The van der Waals surface area contributed by atoms with E-state index >= 15 is 0 Å². The molecule has 1 aliphatic carbocycles. The monoisotopic (exact) mass is 400 g/mol. The Morgan fingerprint density at radius 1 is 1.32 bits per heavy atom. The van der Waals surface area contributed by atoms with Crippen LogP contribution >= 0.6 is 11.3 Å². The fraction of sp³-hybridized carbons (Fsp3) is 0.571. The van der Waals surface area contributed by atoms with Crippen LogP contribution in [0.15, 0.2) is 18.3 Å². The third-order valence-electron chi connectivity index (χ3n) is 5.16. The topological polar surface area (TPSA) is 67.3 Å². The van der Waals surface area contributed by atoms with Crippen molar-refractivity contribution in [3.63, 3.8) is 0 Å². The lowest BCUT2D eigenvalue weighted by molar-refractivity contribution is -0.121. The highest BCUT2D eigenvalue weighted by Crippen LogP contribution is 2.36. The number of carbonyl (C=O) groups excluding carboxylic acids is 1. The number of carbonyl (C=O) groups is 1. The number of ether oxygens (including phenoxy) is 1. The summed E-state index contributed by atoms with van der Waals surface area (Å²) in [5, 5.41) is 4.07. The quantitative estimate of drug-likeness (QED) is 0.803. The average Bonchev–Trinajstić information content (AvgIpc) is 3.34. The number of nitrogens with one attached hydrogen (secondary N) is 1. The van der Waals surface area contributed by atoms with E-state index in [0.717, 1.165) is 40.0 Å². The molecule has 0 aromatic carbocycles. The standard InChI is InChI=1S/C21H28N4O2S/c1-13-8-17(6-7-22-13)20-18(10-23-19(26)9-16-4-5-16)24-21(28-20)25-11-14(2)27-15(3)12-25/h6-8,14-16H,4-5,9-12H2,1-3H3,(H,23,26)/t14-,15+. The first-order valence-corrected chi connectivity index (χ1v) is 10.9. The zero-order chi connectivity index (χ0) is 19.7. The van der Waals surface area contributed by atoms with Crippen molar-refractivity contribution in [2.75, 3.05) is 18.0 Å². The first-order valence-electron chi connectivity index (χ1n) is 10.1. The lowest BCUT2D eigenvalue weighted by Crippen LogP contribution is -2.45. The minimum Gasteiger partial charge on any atom is -0.372 e. The number of pyridine rings is 1. The molecule has 0 unspecified atom stereocenters. The maximum atomic E-state index is 12.2. The number of anilines is 1. The minimum atomic E-state index is 0.127. The number of nitrogens with zero attached hydrogens (tertiary/aromatic N) is 3. The lowest BCUT2D eigenvalue weighted by atomic mass is 10.1. The number of hydrogen-bond acceptors (Lipinski definition) is 6. The van der Waals surface area contributed by atoms with Gasteiger partial charge in [0.2, 0.25) is 5.91 Å². The van der Waals surface area contributed by atoms with Gasteiger partial charge in [0, 0.05) is 31.4 Å². The first kappa shape index (κ1) is 19.3. The summed E-state index contributed by atoms with van der Waals surface area (Å²) in [6.45, 7) is 8.33. The van der Waals surface area contributed by atoms with Crippen molar-refractivity contribution in [1.82, 2.24) is 15.3 Å². The highest BCUT2D eigenvalue weighted by molar-refractivity contribution is 7.19. The normalized spacial score (nSPS) is 22.3. The Labute approximate surface area is 170 Å². The molecule has 4 rings (SSSR count). The maximum Gasteiger partial charge on any atom is 0.220 e. The Hall–Kier alpha value is -1.99. The number of morpholine rings is 1. The van der Waals surface area contributed by atoms with Gasteiger partial charge in [-0.15, -0.1) is 0 Å². The van der Waals surface area contributed by atoms with Crippen LogP contribution < -0.4 is 10.2 Å². The van der Waals surface area contributed by atoms with E-state index in [-0.39, 0.29) is 18.1 Å². The SMILES string of the molecule is Cc1cc(-c2sc(N3C[C@@H](C)O[C@@H](C)C3)nc2CNC(=O)CC2CC2)ccn1. The number of aryl methyl sites for hydroxylation is 1. The summed E-state index contributed by atoms with van der Waals surface area (Å²) in [5.74, 6) is 0.715. The van der Waals surface area contributed by atoms with Crippen LogP contribution in [0.5, 0.6) is 0 Å². The van der Waals surface area contributed by atoms with E-state index in [0.29, 0.717) is 18.9 Å². The molecule has 1 saturated carbocycles. The molecular formula is C21H28N4O2S. The summed E-state index contributed by atoms with van der Waals surface area (Å²) >= 11 is 1.69. The van der Waals surface area contributed by atoms with E-state index in [1.54, 1.807) is 11.3 Å². The molecule has 28 heavy (non-hydrogen) atoms. The molecule has 1 aliphatic heterocycles. The summed E-state index contributed by atoms with van der Waals surface area (Å²) in [4.78, 5) is 24.8. The molecule has 1 amide bonds. The van der Waals surface area contributed by atoms with Gasteiger partial charge in [-0.2, -0.15) is 0 Å². The van der Waals surface area contributed by atoms with Crippen molar-refractivity contribution in [3.05, 3.63) is 29.7 Å². The molecule has 7 heteroatoms. The molecule has 0 spiro atoms. The molecule has 1 N–H and O–H groups in total. The fourth-order valence-electron chi connectivity index (χ4n) is 3.68. The fourth-order valence-corrected chi connectivity index (χ4v) is 4.78. The molecule has 0 bridgehead atoms. The summed E-state index contributed by atoms with van der Waals surface area (Å²) < 4.78 is 5.87. The second-order valence-electron chi connectivity index (χ2n) is 8.04. The highest BCUT2D eigenvalue weighted by atomic mass is 32.1. The van der Waals surface area contributed by atoms with E-state index in [4.69, 9.17) is 9.72 Å². The van der Waals surface area contributed by atoms with Gasteiger partial charge in [-0.1, -0.05) is 11.3 Å². The van der Waals surface area contributed by atoms with Crippen LogP contribution in [0.1, 0.15) is 44.5 Å². The molecule has 2 aromatic heterocycles. The summed E-state index contributed by atoms with van der Waals surface area (Å²) in [6, 6.07) is 4.10. The molecule has 150 valence electrons. The Morgan fingerprint density at radius 2 is 2.07 bits per heavy atom. The molecule has 0 radical (unpaired) electrons. The molecule has 3 heterocycles. The van der Waals surface area contributed by atoms with Crippen molar-refractivity contribution in [1.29, 1.82) is 0 Å². The van der Waals surface area contributed by atoms with Gasteiger partial charge in [0.15, 0.2) is 5.13 Å². The van der Waals surface area contributed by atoms with Crippen molar-refractivity contribution >= 4 is 22.4 Å². The number of hydrogen-bond donors (Lipinski definition) is 1. The van der Waals surface area contributed by atoms with E-state index in [1.807, 2.05) is 19.2 Å². The minimum absolute atomic E-state index is 0.127. The van der Waals surface area contributed by atoms with Crippen LogP contribution in [0.25, 0.3) is 10.4 Å². The van der Waals surface area contributed by atoms with Crippen LogP contribution in [0.3, 0.4) is 0 Å². The zero-order valence-corrected chi connectivity index (χ0v) is 17.6. The van der Waals surface area contributed by atoms with Crippen LogP contribution in [-0.4, -0.2) is 41.2 Å². The number of thiazole rings is 1. The van der Waals surface area contributed by atoms with Gasteiger partial charge in [0.1, 0.15) is 0 Å². The highest BCUT2D eigenvalue weighted by Gasteiger charge is 2.27. The molecule has 6 nitrogen and oxygen atoms in total. The zero-order valence-electron chi connectivity index (χ0n) is 16.8. The van der Waals surface area contributed by atoms with Crippen LogP contribution in [0, 0.1) is 12.8 Å². The average molecular weight is 401 g/mol. The van der Waals surface area contributed by atoms with Gasteiger partial charge in [-0.25, -0.2) is 4.98 Å². The van der Waals surface area contributed by atoms with Gasteiger partial charge in [-0.05, 0) is 57.2 Å². The largest absolute Gasteiger partial charge is 0.372 e. The van der Waals surface area contributed by atoms with Crippen molar-refractivity contribution in [2.45, 2.75) is 58.8 Å². The predicted molar refractivity (Wildman–Crippen MR) is 111 cm³/mol. The number of aromatic nitrogens is 2. The van der Waals surface area contributed by atoms with Crippen LogP contribution in [-0.2, 0) is 16.1 Å². The Bertz CT molecular complexity index is 839. The first-order chi connectivity index (χ1) is 13.5. The van der Waals surface area contributed by atoms with E-state index < -0.39 is 0 Å². The van der Waals surface area contributed by atoms with Gasteiger partial charge in [0.25, 0.3) is 0 Å². The van der Waals surface area contributed by atoms with Crippen LogP contribution in [0.4, 0.5) is 5.13 Å². The molecule has 1 saturated heterocycles.